The second-order valence-corrected chi connectivity index (χ2v) is 8.47. The zero-order chi connectivity index (χ0) is 21.5. The van der Waals surface area contributed by atoms with Crippen LogP contribution in [0.15, 0.2) is 60.7 Å². The molecule has 0 saturated heterocycles. The van der Waals surface area contributed by atoms with Crippen molar-refractivity contribution in [2.45, 2.75) is 31.5 Å². The van der Waals surface area contributed by atoms with Crippen molar-refractivity contribution in [3.05, 3.63) is 82.5 Å². The van der Waals surface area contributed by atoms with E-state index in [4.69, 9.17) is 17.3 Å². The van der Waals surface area contributed by atoms with Crippen molar-refractivity contribution in [1.29, 1.82) is 0 Å². The quantitative estimate of drug-likeness (QED) is 0.651. The predicted molar refractivity (Wildman–Crippen MR) is 120 cm³/mol. The highest BCUT2D eigenvalue weighted by atomic mass is 35.5. The van der Waals surface area contributed by atoms with Gasteiger partial charge >= 0.3 is 6.03 Å². The molecular weight excluding hydrogens is 412 g/mol. The first-order valence-electron chi connectivity index (χ1n) is 10.4. The van der Waals surface area contributed by atoms with E-state index in [0.717, 1.165) is 17.7 Å². The van der Waals surface area contributed by atoms with E-state index < -0.39 is 5.91 Å². The molecule has 0 radical (unpaired) electrons. The Hall–Kier alpha value is -3.25. The van der Waals surface area contributed by atoms with Crippen LogP contribution in [0.1, 0.15) is 34.0 Å². The van der Waals surface area contributed by atoms with Crippen LogP contribution < -0.4 is 11.1 Å². The summed E-state index contributed by atoms with van der Waals surface area (Å²) in [4.78, 5) is 26.9. The van der Waals surface area contributed by atoms with E-state index in [1.54, 1.807) is 4.90 Å². The van der Waals surface area contributed by atoms with Gasteiger partial charge in [-0.05, 0) is 17.5 Å². The SMILES string of the molecule is NC(=O)c1c(Cl)c(-c2ccccc2)n2c1CN(C(=O)NC1CC1c1ccccc1)CC2. The molecular formula is C24H23ClN4O2. The number of carbonyl (C=O) groups excluding carboxylic acids is 2. The van der Waals surface area contributed by atoms with Crippen molar-refractivity contribution < 1.29 is 9.59 Å². The smallest absolute Gasteiger partial charge is 0.318 e. The summed E-state index contributed by atoms with van der Waals surface area (Å²) in [5.74, 6) is -0.219. The Morgan fingerprint density at radius 2 is 1.68 bits per heavy atom. The number of aromatic nitrogens is 1. The number of fused-ring (bicyclic) bond motifs is 1. The van der Waals surface area contributed by atoms with Gasteiger partial charge in [0.05, 0.1) is 28.5 Å². The van der Waals surface area contributed by atoms with Crippen LogP contribution in [0, 0.1) is 0 Å². The average molecular weight is 435 g/mol. The monoisotopic (exact) mass is 434 g/mol. The van der Waals surface area contributed by atoms with E-state index >= 15 is 0 Å². The van der Waals surface area contributed by atoms with Gasteiger partial charge in [-0.3, -0.25) is 4.79 Å². The lowest BCUT2D eigenvalue weighted by atomic mass is 10.1. The first-order chi connectivity index (χ1) is 15.0. The van der Waals surface area contributed by atoms with E-state index in [1.165, 1.54) is 5.56 Å². The molecule has 158 valence electrons. The molecule has 1 aromatic heterocycles. The summed E-state index contributed by atoms with van der Waals surface area (Å²) in [7, 11) is 0. The number of nitrogens with zero attached hydrogens (tertiary/aromatic N) is 2. The van der Waals surface area contributed by atoms with Gasteiger partial charge in [-0.2, -0.15) is 0 Å². The number of hydrogen-bond acceptors (Lipinski definition) is 2. The first-order valence-corrected chi connectivity index (χ1v) is 10.8. The summed E-state index contributed by atoms with van der Waals surface area (Å²) in [6.45, 7) is 1.37. The summed E-state index contributed by atoms with van der Waals surface area (Å²) in [6.07, 6.45) is 0.941. The van der Waals surface area contributed by atoms with Crippen LogP contribution in [0.4, 0.5) is 4.79 Å². The standard InChI is InChI=1S/C24H23ClN4O2/c25-21-20(23(26)30)19-14-28(11-12-29(19)22(21)16-9-5-2-6-10-16)24(31)27-18-13-17(18)15-7-3-1-4-8-15/h1-10,17-18H,11-14H2,(H2,26,30)(H,27,31). The Kier molecular flexibility index (Phi) is 4.94. The van der Waals surface area contributed by atoms with Crippen LogP contribution in [0.3, 0.4) is 0 Å². The van der Waals surface area contributed by atoms with E-state index in [-0.39, 0.29) is 12.1 Å². The van der Waals surface area contributed by atoms with Crippen molar-refractivity contribution in [2.75, 3.05) is 6.54 Å². The number of hydrogen-bond donors (Lipinski definition) is 2. The van der Waals surface area contributed by atoms with Crippen molar-refractivity contribution in [1.82, 2.24) is 14.8 Å². The molecule has 3 aromatic rings. The second-order valence-electron chi connectivity index (χ2n) is 8.10. The van der Waals surface area contributed by atoms with Gasteiger partial charge in [0.1, 0.15) is 0 Å². The normalized spacial score (nSPS) is 19.6. The van der Waals surface area contributed by atoms with Gasteiger partial charge in [-0.15, -0.1) is 0 Å². The number of benzene rings is 2. The molecule has 1 aliphatic heterocycles. The van der Waals surface area contributed by atoms with Crippen molar-refractivity contribution in [3.8, 4) is 11.3 Å². The molecule has 5 rings (SSSR count). The van der Waals surface area contributed by atoms with Crippen molar-refractivity contribution >= 4 is 23.5 Å². The number of urea groups is 1. The minimum Gasteiger partial charge on any atom is -0.365 e. The molecule has 2 unspecified atom stereocenters. The number of rotatable bonds is 4. The van der Waals surface area contributed by atoms with Gasteiger partial charge in [0, 0.05) is 25.0 Å². The van der Waals surface area contributed by atoms with Gasteiger partial charge in [-0.1, -0.05) is 72.3 Å². The second kappa shape index (κ2) is 7.78. The topological polar surface area (TPSA) is 80.4 Å². The van der Waals surface area contributed by atoms with Crippen LogP contribution in [0.25, 0.3) is 11.3 Å². The summed E-state index contributed by atoms with van der Waals surface area (Å²) in [5.41, 5.74) is 9.60. The molecule has 1 saturated carbocycles. The minimum absolute atomic E-state index is 0.122. The fraction of sp³-hybridized carbons (Fsp3) is 0.250. The van der Waals surface area contributed by atoms with Crippen molar-refractivity contribution in [2.24, 2.45) is 5.73 Å². The highest BCUT2D eigenvalue weighted by Crippen LogP contribution is 2.41. The number of carbonyl (C=O) groups is 2. The Labute approximate surface area is 185 Å². The highest BCUT2D eigenvalue weighted by Gasteiger charge is 2.41. The molecule has 31 heavy (non-hydrogen) atoms. The van der Waals surface area contributed by atoms with Gasteiger partial charge in [0.2, 0.25) is 0 Å². The summed E-state index contributed by atoms with van der Waals surface area (Å²) < 4.78 is 2.02. The third kappa shape index (κ3) is 3.57. The lowest BCUT2D eigenvalue weighted by Crippen LogP contribution is -2.45. The van der Waals surface area contributed by atoms with Gasteiger partial charge < -0.3 is 20.5 Å². The first kappa shape index (κ1) is 19.7. The predicted octanol–water partition coefficient (Wildman–Crippen LogP) is 3.99. The fourth-order valence-corrected chi connectivity index (χ4v) is 4.91. The lowest BCUT2D eigenvalue weighted by Gasteiger charge is -2.30. The lowest BCUT2D eigenvalue weighted by molar-refractivity contribution is 0.0997. The molecule has 3 amide bonds. The maximum Gasteiger partial charge on any atom is 0.318 e. The minimum atomic E-state index is -0.579. The molecule has 7 heteroatoms. The molecule has 1 aliphatic carbocycles. The number of amides is 3. The summed E-state index contributed by atoms with van der Waals surface area (Å²) in [6, 6.07) is 19.9. The highest BCUT2D eigenvalue weighted by molar-refractivity contribution is 6.36. The van der Waals surface area contributed by atoms with E-state index in [0.29, 0.717) is 41.8 Å². The van der Waals surface area contributed by atoms with Gasteiger partial charge in [0.15, 0.2) is 0 Å². The maximum atomic E-state index is 12.9. The summed E-state index contributed by atoms with van der Waals surface area (Å²) in [5, 5.41) is 3.48. The molecule has 2 heterocycles. The fourth-order valence-electron chi connectivity index (χ4n) is 4.50. The van der Waals surface area contributed by atoms with Crippen LogP contribution in [-0.4, -0.2) is 34.0 Å². The van der Waals surface area contributed by atoms with E-state index in [1.807, 2.05) is 53.1 Å². The third-order valence-electron chi connectivity index (χ3n) is 6.15. The maximum absolute atomic E-state index is 12.9. The Morgan fingerprint density at radius 3 is 2.35 bits per heavy atom. The Morgan fingerprint density at radius 1 is 1.00 bits per heavy atom. The molecule has 2 atom stereocenters. The zero-order valence-corrected chi connectivity index (χ0v) is 17.7. The largest absolute Gasteiger partial charge is 0.365 e. The van der Waals surface area contributed by atoms with E-state index in [9.17, 15) is 9.59 Å². The van der Waals surface area contributed by atoms with Crippen LogP contribution in [-0.2, 0) is 13.1 Å². The van der Waals surface area contributed by atoms with Crippen molar-refractivity contribution in [3.63, 3.8) is 0 Å². The number of nitrogens with one attached hydrogen (secondary N) is 1. The summed E-state index contributed by atoms with van der Waals surface area (Å²) >= 11 is 6.62. The molecule has 2 aromatic carbocycles. The molecule has 0 bridgehead atoms. The Balaban J connectivity index is 1.37. The Bertz CT molecular complexity index is 1140. The molecule has 6 nitrogen and oxygen atoms in total. The van der Waals surface area contributed by atoms with Gasteiger partial charge in [0.25, 0.3) is 5.91 Å². The molecule has 2 aliphatic rings. The zero-order valence-electron chi connectivity index (χ0n) is 16.9. The number of primary amides is 1. The van der Waals surface area contributed by atoms with Crippen LogP contribution in [0.5, 0.6) is 0 Å². The van der Waals surface area contributed by atoms with E-state index in [2.05, 4.69) is 17.4 Å². The molecule has 0 spiro atoms. The van der Waals surface area contributed by atoms with Crippen LogP contribution in [0.2, 0.25) is 5.02 Å². The van der Waals surface area contributed by atoms with Crippen LogP contribution >= 0.6 is 11.6 Å². The molecule has 1 fully saturated rings. The molecule has 3 N–H and O–H groups in total. The third-order valence-corrected chi connectivity index (χ3v) is 6.52. The van der Waals surface area contributed by atoms with Gasteiger partial charge in [-0.25, -0.2) is 4.79 Å². The average Bonchev–Trinajstić information content (AvgIpc) is 3.48. The number of halogens is 1. The number of nitrogens with two attached hydrogens (primary N) is 1.